The fraction of sp³-hybridized carbons (Fsp3) is 0.500. The minimum absolute atomic E-state index is 0. The predicted molar refractivity (Wildman–Crippen MR) is 151 cm³/mol. The van der Waals surface area contributed by atoms with Crippen molar-refractivity contribution < 1.29 is 166 Å². The van der Waals surface area contributed by atoms with Crippen LogP contribution in [0.5, 0.6) is 0 Å². The van der Waals surface area contributed by atoms with Crippen LogP contribution in [0.3, 0.4) is 0 Å². The number of hydrogen-bond acceptors (Lipinski definition) is 24. The molecule has 0 aromatic rings. The second kappa shape index (κ2) is 26.6. The molecule has 0 spiro atoms. The van der Waals surface area contributed by atoms with Crippen LogP contribution in [0.15, 0.2) is 0 Å². The SMILES string of the molecule is O=C([O-])CONC(C(=O)O)C(O)(CC(=O)O)C(=O)O.O=C([O-])CONC(C(=O)O)C(O)(CC(=O)O)C(=O)O.O=C([O-])CONC(C(=O)O)C(O)(CC(=O)O)C(=O)O.[Cr+3]. The van der Waals surface area contributed by atoms with Gasteiger partial charge < -0.3 is 91.0 Å². The van der Waals surface area contributed by atoms with Crippen LogP contribution in [-0.4, -0.2) is 188 Å². The van der Waals surface area contributed by atoms with E-state index in [4.69, 9.17) is 46.0 Å². The number of aliphatic carboxylic acids is 12. The van der Waals surface area contributed by atoms with Gasteiger partial charge in [-0.1, -0.05) is 0 Å². The number of carbonyl (C=O) groups is 12. The van der Waals surface area contributed by atoms with Crippen LogP contribution in [0.4, 0.5) is 0 Å². The Kier molecular flexibility index (Phi) is 26.9. The van der Waals surface area contributed by atoms with Gasteiger partial charge in [-0.25, -0.2) is 14.4 Å². The van der Waals surface area contributed by atoms with Gasteiger partial charge in [0.2, 0.25) is 16.8 Å². The van der Waals surface area contributed by atoms with Crippen molar-refractivity contribution in [1.82, 2.24) is 16.4 Å². The summed E-state index contributed by atoms with van der Waals surface area (Å²) in [6.07, 6.45) is -4.33. The van der Waals surface area contributed by atoms with Crippen molar-refractivity contribution in [1.29, 1.82) is 0 Å². The zero-order valence-electron chi connectivity index (χ0n) is 28.1. The van der Waals surface area contributed by atoms with Gasteiger partial charge >= 0.3 is 71.1 Å². The maximum atomic E-state index is 10.8. The molecule has 0 amide bonds. The third-order valence-corrected chi connectivity index (χ3v) is 5.72. The molecular formula is C24H30CrN3O30. The third-order valence-electron chi connectivity index (χ3n) is 5.72. The zero-order chi connectivity index (χ0) is 45.6. The molecule has 0 fully saturated rings. The second-order valence-corrected chi connectivity index (χ2v) is 10.0. The Hall–Kier alpha value is -6.19. The Labute approximate surface area is 328 Å². The van der Waals surface area contributed by atoms with Crippen LogP contribution in [0.1, 0.15) is 19.3 Å². The summed E-state index contributed by atoms with van der Waals surface area (Å²) in [6, 6.07) is -7.21. The summed E-state index contributed by atoms with van der Waals surface area (Å²) in [5, 5.41) is 136. The standard InChI is InChI=1S/3C8H11NO10.Cr/c3*10-3(11)1-8(18,7(16)17)5(6(14)15)9-19-2-4(12)13;/h3*5,9,18H,1-2H2,(H,10,11)(H,12,13)(H,14,15)(H,16,17);/q;;;+3/p-3. The molecule has 58 heavy (non-hydrogen) atoms. The Morgan fingerprint density at radius 3 is 0.690 bits per heavy atom. The molecule has 0 aliphatic carbocycles. The first-order chi connectivity index (χ1) is 25.8. The van der Waals surface area contributed by atoms with E-state index in [2.05, 4.69) is 14.5 Å². The summed E-state index contributed by atoms with van der Waals surface area (Å²) in [7, 11) is 0. The predicted octanol–water partition coefficient (Wildman–Crippen LogP) is -12.0. The molecule has 15 N–H and O–H groups in total. The molecule has 0 aromatic heterocycles. The van der Waals surface area contributed by atoms with E-state index in [1.54, 1.807) is 0 Å². The molecule has 1 radical (unpaired) electrons. The molecule has 0 heterocycles. The zero-order valence-corrected chi connectivity index (χ0v) is 29.4. The molecule has 0 saturated carbocycles. The minimum atomic E-state index is -3.23. The van der Waals surface area contributed by atoms with Crippen LogP contribution < -0.4 is 31.8 Å². The Bertz CT molecular complexity index is 1360. The molecule has 0 rings (SSSR count). The van der Waals surface area contributed by atoms with Crippen LogP contribution in [0, 0.1) is 0 Å². The summed E-state index contributed by atoms with van der Waals surface area (Å²) in [6.45, 7) is -3.40. The largest absolute Gasteiger partial charge is 3.00 e. The Morgan fingerprint density at radius 1 is 0.414 bits per heavy atom. The van der Waals surface area contributed by atoms with Gasteiger partial charge in [0.25, 0.3) is 0 Å². The third kappa shape index (κ3) is 21.2. The first kappa shape index (κ1) is 58.5. The van der Waals surface area contributed by atoms with Crippen molar-refractivity contribution in [3.8, 4) is 0 Å². The average molecular weight is 892 g/mol. The van der Waals surface area contributed by atoms with Gasteiger partial charge in [0.1, 0.15) is 19.8 Å². The van der Waals surface area contributed by atoms with Gasteiger partial charge in [-0.2, -0.15) is 16.4 Å². The van der Waals surface area contributed by atoms with Crippen molar-refractivity contribution in [2.75, 3.05) is 19.8 Å². The number of hydroxylamine groups is 3. The fourth-order valence-corrected chi connectivity index (χ4v) is 3.20. The van der Waals surface area contributed by atoms with E-state index in [1.807, 2.05) is 0 Å². The Morgan fingerprint density at radius 2 is 0.586 bits per heavy atom. The molecular weight excluding hydrogens is 862 g/mol. The van der Waals surface area contributed by atoms with E-state index in [0.717, 1.165) is 0 Å². The van der Waals surface area contributed by atoms with Gasteiger partial charge in [0.05, 0.1) is 37.2 Å². The molecule has 33 nitrogen and oxygen atoms in total. The van der Waals surface area contributed by atoms with Gasteiger partial charge in [0, 0.05) is 0 Å². The van der Waals surface area contributed by atoms with E-state index in [-0.39, 0.29) is 17.4 Å². The number of nitrogens with one attached hydrogen (secondary N) is 3. The number of carboxylic acids is 12. The van der Waals surface area contributed by atoms with Crippen LogP contribution in [0.2, 0.25) is 0 Å². The number of aliphatic hydroxyl groups is 3. The molecule has 0 aromatic carbocycles. The summed E-state index contributed by atoms with van der Waals surface area (Å²) >= 11 is 0. The van der Waals surface area contributed by atoms with Crippen molar-refractivity contribution in [2.24, 2.45) is 0 Å². The van der Waals surface area contributed by atoms with Crippen molar-refractivity contribution in [3.63, 3.8) is 0 Å². The monoisotopic (exact) mass is 892 g/mol. The number of carbonyl (C=O) groups excluding carboxylic acids is 3. The van der Waals surface area contributed by atoms with Crippen LogP contribution in [0.25, 0.3) is 0 Å². The maximum absolute atomic E-state index is 10.8. The van der Waals surface area contributed by atoms with Gasteiger partial charge in [-0.05, 0) is 0 Å². The second-order valence-electron chi connectivity index (χ2n) is 10.0. The summed E-state index contributed by atoms with van der Waals surface area (Å²) in [5.74, 6) is -22.8. The summed E-state index contributed by atoms with van der Waals surface area (Å²) in [4.78, 5) is 138. The van der Waals surface area contributed by atoms with E-state index in [0.29, 0.717) is 0 Å². The average Bonchev–Trinajstić information content (AvgIpc) is 3.01. The summed E-state index contributed by atoms with van der Waals surface area (Å²) < 4.78 is 0. The van der Waals surface area contributed by atoms with Crippen molar-refractivity contribution >= 4 is 71.6 Å². The van der Waals surface area contributed by atoms with E-state index >= 15 is 0 Å². The van der Waals surface area contributed by atoms with E-state index < -0.39 is 146 Å². The maximum Gasteiger partial charge on any atom is 3.00 e. The van der Waals surface area contributed by atoms with Crippen molar-refractivity contribution in [2.45, 2.75) is 54.2 Å². The summed E-state index contributed by atoms with van der Waals surface area (Å²) in [5.41, 5.74) is -5.31. The quantitative estimate of drug-likeness (QED) is 0.0340. The minimum Gasteiger partial charge on any atom is -0.548 e. The molecule has 6 atom stereocenters. The topological polar surface area (TPSA) is 581 Å². The van der Waals surface area contributed by atoms with Crippen LogP contribution in [-0.2, 0) is 89.4 Å². The number of carboxylic acid groups (broad SMARTS) is 12. The van der Waals surface area contributed by atoms with Gasteiger partial charge in [-0.15, -0.1) is 0 Å². The van der Waals surface area contributed by atoms with E-state index in [9.17, 15) is 88.2 Å². The normalized spacial score (nSPS) is 14.9. The van der Waals surface area contributed by atoms with E-state index in [1.165, 1.54) is 16.4 Å². The fourth-order valence-electron chi connectivity index (χ4n) is 3.20. The molecule has 0 bridgehead atoms. The smallest absolute Gasteiger partial charge is 0.548 e. The Balaban J connectivity index is -0.000000374. The molecule has 0 saturated heterocycles. The van der Waals surface area contributed by atoms with Crippen molar-refractivity contribution in [3.05, 3.63) is 0 Å². The number of hydrogen-bond donors (Lipinski definition) is 15. The first-order valence-electron chi connectivity index (χ1n) is 13.8. The first-order valence-corrected chi connectivity index (χ1v) is 13.8. The van der Waals surface area contributed by atoms with Gasteiger partial charge in [-0.3, -0.25) is 43.3 Å². The number of rotatable bonds is 27. The molecule has 0 aliphatic rings. The molecule has 34 heteroatoms. The molecule has 6 unspecified atom stereocenters. The molecule has 0 aliphatic heterocycles. The van der Waals surface area contributed by atoms with Gasteiger partial charge in [0.15, 0.2) is 18.1 Å². The van der Waals surface area contributed by atoms with Crippen LogP contribution >= 0.6 is 0 Å². The molecule has 327 valence electrons.